The Kier molecular flexibility index (Phi) is 6.32. The van der Waals surface area contributed by atoms with Gasteiger partial charge in [0.1, 0.15) is 10.8 Å². The van der Waals surface area contributed by atoms with Gasteiger partial charge in [-0.3, -0.25) is 4.79 Å². The van der Waals surface area contributed by atoms with Gasteiger partial charge in [0.05, 0.1) is 6.61 Å². The molecule has 1 heterocycles. The van der Waals surface area contributed by atoms with Gasteiger partial charge in [0, 0.05) is 28.0 Å². The Morgan fingerprint density at radius 3 is 2.67 bits per heavy atom. The molecule has 0 unspecified atom stereocenters. The number of hydrogen-bond donors (Lipinski definition) is 0. The molecule has 1 aromatic heterocycles. The minimum atomic E-state index is -0.534. The van der Waals surface area contributed by atoms with Gasteiger partial charge in [-0.15, -0.1) is 11.3 Å². The second-order valence-corrected chi connectivity index (χ2v) is 7.01. The van der Waals surface area contributed by atoms with Crippen molar-refractivity contribution in [3.05, 3.63) is 76.0 Å². The smallest absolute Gasteiger partial charge is 0.357 e. The summed E-state index contributed by atoms with van der Waals surface area (Å²) in [4.78, 5) is 28.3. The molecule has 27 heavy (non-hydrogen) atoms. The summed E-state index contributed by atoms with van der Waals surface area (Å²) in [6.07, 6.45) is 0.594. The maximum Gasteiger partial charge on any atom is 0.357 e. The Labute approximate surface area is 164 Å². The van der Waals surface area contributed by atoms with Crippen LogP contribution in [0.15, 0.2) is 53.9 Å². The molecule has 0 bridgehead atoms. The lowest BCUT2D eigenvalue weighted by Crippen LogP contribution is -2.08. The van der Waals surface area contributed by atoms with Gasteiger partial charge in [-0.1, -0.05) is 23.7 Å². The molecule has 0 saturated heterocycles. The fourth-order valence-electron chi connectivity index (χ4n) is 2.37. The Morgan fingerprint density at radius 1 is 1.15 bits per heavy atom. The Balaban J connectivity index is 1.48. The zero-order valence-corrected chi connectivity index (χ0v) is 15.7. The second-order valence-electron chi connectivity index (χ2n) is 5.72. The molecule has 7 heteroatoms. The van der Waals surface area contributed by atoms with Crippen molar-refractivity contribution in [1.82, 2.24) is 4.98 Å². The average molecular weight is 404 g/mol. The maximum atomic E-state index is 12.9. The van der Waals surface area contributed by atoms with Crippen molar-refractivity contribution in [2.45, 2.75) is 12.8 Å². The van der Waals surface area contributed by atoms with Crippen LogP contribution in [-0.4, -0.2) is 23.3 Å². The van der Waals surface area contributed by atoms with Crippen LogP contribution in [0.4, 0.5) is 4.39 Å². The number of halogens is 2. The highest BCUT2D eigenvalue weighted by Gasteiger charge is 2.14. The van der Waals surface area contributed by atoms with Crippen molar-refractivity contribution in [2.24, 2.45) is 0 Å². The first-order chi connectivity index (χ1) is 13.0. The largest absolute Gasteiger partial charge is 0.461 e. The molecule has 0 aliphatic heterocycles. The van der Waals surface area contributed by atoms with Crippen LogP contribution in [0.3, 0.4) is 0 Å². The summed E-state index contributed by atoms with van der Waals surface area (Å²) in [7, 11) is 0. The first-order valence-corrected chi connectivity index (χ1v) is 9.46. The molecule has 4 nitrogen and oxygen atoms in total. The van der Waals surface area contributed by atoms with Crippen molar-refractivity contribution in [1.29, 1.82) is 0 Å². The van der Waals surface area contributed by atoms with E-state index >= 15 is 0 Å². The first-order valence-electron chi connectivity index (χ1n) is 8.20. The number of esters is 1. The monoisotopic (exact) mass is 403 g/mol. The number of rotatable bonds is 7. The van der Waals surface area contributed by atoms with E-state index in [2.05, 4.69) is 4.98 Å². The number of benzene rings is 2. The minimum absolute atomic E-state index is 0.107. The number of ether oxygens (including phenoxy) is 1. The quantitative estimate of drug-likeness (QED) is 0.300. The predicted octanol–water partition coefficient (Wildman–Crippen LogP) is 5.42. The first kappa shape index (κ1) is 19.2. The lowest BCUT2D eigenvalue weighted by Gasteiger charge is -2.03. The Morgan fingerprint density at radius 2 is 1.93 bits per heavy atom. The van der Waals surface area contributed by atoms with E-state index in [1.165, 1.54) is 35.6 Å². The highest BCUT2D eigenvalue weighted by molar-refractivity contribution is 7.13. The van der Waals surface area contributed by atoms with Crippen molar-refractivity contribution in [3.63, 3.8) is 0 Å². The molecule has 0 spiro atoms. The topological polar surface area (TPSA) is 56.3 Å². The molecule has 0 fully saturated rings. The van der Waals surface area contributed by atoms with Crippen molar-refractivity contribution in [3.8, 4) is 10.6 Å². The molecule has 0 atom stereocenters. The standard InChI is InChI=1S/C20H15ClFNO3S/c21-15-4-1-3-14(11-15)19-23-17(12-27-19)20(25)26-10-2-5-18(24)13-6-8-16(22)9-7-13/h1,3-4,6-9,11-12H,2,5,10H2. The third kappa shape index (κ3) is 5.21. The van der Waals surface area contributed by atoms with Crippen molar-refractivity contribution < 1.29 is 18.7 Å². The van der Waals surface area contributed by atoms with E-state index in [0.717, 1.165) is 5.56 Å². The number of Topliss-reactive ketones (excluding diaryl/α,β-unsaturated/α-hetero) is 1. The van der Waals surface area contributed by atoms with Gasteiger partial charge < -0.3 is 4.74 Å². The SMILES string of the molecule is O=C(CCCOC(=O)c1csc(-c2cccc(Cl)c2)n1)c1ccc(F)cc1. The number of carbonyl (C=O) groups is 2. The van der Waals surface area contributed by atoms with Crippen molar-refractivity contribution >= 4 is 34.7 Å². The molecule has 0 aliphatic rings. The zero-order chi connectivity index (χ0) is 19.2. The van der Waals surface area contributed by atoms with Gasteiger partial charge in [0.15, 0.2) is 11.5 Å². The molecule has 0 amide bonds. The Bertz CT molecular complexity index is 956. The molecule has 3 rings (SSSR count). The highest BCUT2D eigenvalue weighted by Crippen LogP contribution is 2.26. The van der Waals surface area contributed by atoms with E-state index in [1.807, 2.05) is 12.1 Å². The predicted molar refractivity (Wildman–Crippen MR) is 103 cm³/mol. The number of thiazole rings is 1. The van der Waals surface area contributed by atoms with Gasteiger partial charge in [-0.05, 0) is 42.8 Å². The van der Waals surface area contributed by atoms with Crippen LogP contribution in [0.25, 0.3) is 10.6 Å². The summed E-state index contributed by atoms with van der Waals surface area (Å²) >= 11 is 7.29. The molecular formula is C20H15ClFNO3S. The van der Waals surface area contributed by atoms with Gasteiger partial charge in [-0.2, -0.15) is 0 Å². The van der Waals surface area contributed by atoms with E-state index in [9.17, 15) is 14.0 Å². The lowest BCUT2D eigenvalue weighted by atomic mass is 10.1. The fourth-order valence-corrected chi connectivity index (χ4v) is 3.35. The summed E-state index contributed by atoms with van der Waals surface area (Å²) in [5, 5.41) is 2.90. The van der Waals surface area contributed by atoms with Crippen LogP contribution in [0.5, 0.6) is 0 Å². The maximum absolute atomic E-state index is 12.9. The minimum Gasteiger partial charge on any atom is -0.461 e. The summed E-state index contributed by atoms with van der Waals surface area (Å²) in [6.45, 7) is 0.107. The third-order valence-corrected chi connectivity index (χ3v) is 4.86. The number of aromatic nitrogens is 1. The number of ketones is 1. The summed E-state index contributed by atoms with van der Waals surface area (Å²) in [5.41, 5.74) is 1.49. The van der Waals surface area contributed by atoms with Gasteiger partial charge in [0.2, 0.25) is 0 Å². The van der Waals surface area contributed by atoms with E-state index < -0.39 is 5.97 Å². The van der Waals surface area contributed by atoms with Crippen LogP contribution >= 0.6 is 22.9 Å². The van der Waals surface area contributed by atoms with E-state index in [4.69, 9.17) is 16.3 Å². The summed E-state index contributed by atoms with van der Waals surface area (Å²) < 4.78 is 18.0. The van der Waals surface area contributed by atoms with E-state index in [-0.39, 0.29) is 30.3 Å². The molecule has 0 radical (unpaired) electrons. The lowest BCUT2D eigenvalue weighted by molar-refractivity contribution is 0.0488. The number of carbonyl (C=O) groups excluding carboxylic acids is 2. The molecule has 0 aliphatic carbocycles. The van der Waals surface area contributed by atoms with Crippen molar-refractivity contribution in [2.75, 3.05) is 6.61 Å². The molecule has 0 saturated carbocycles. The molecule has 2 aromatic carbocycles. The summed E-state index contributed by atoms with van der Waals surface area (Å²) in [6, 6.07) is 12.6. The van der Waals surface area contributed by atoms with E-state index in [1.54, 1.807) is 17.5 Å². The molecule has 0 N–H and O–H groups in total. The zero-order valence-electron chi connectivity index (χ0n) is 14.2. The average Bonchev–Trinajstić information content (AvgIpc) is 3.16. The van der Waals surface area contributed by atoms with Crippen LogP contribution in [0, 0.1) is 5.82 Å². The molecular weight excluding hydrogens is 389 g/mol. The summed E-state index contributed by atoms with van der Waals surface area (Å²) in [5.74, 6) is -1.04. The van der Waals surface area contributed by atoms with Gasteiger partial charge in [-0.25, -0.2) is 14.2 Å². The van der Waals surface area contributed by atoms with Crippen LogP contribution in [-0.2, 0) is 4.74 Å². The molecule has 138 valence electrons. The normalized spacial score (nSPS) is 10.6. The van der Waals surface area contributed by atoms with E-state index in [0.29, 0.717) is 22.0 Å². The third-order valence-electron chi connectivity index (χ3n) is 3.73. The number of hydrogen-bond acceptors (Lipinski definition) is 5. The van der Waals surface area contributed by atoms with Gasteiger partial charge in [0.25, 0.3) is 0 Å². The highest BCUT2D eigenvalue weighted by atomic mass is 35.5. The van der Waals surface area contributed by atoms with Gasteiger partial charge >= 0.3 is 5.97 Å². The van der Waals surface area contributed by atoms with Crippen LogP contribution in [0.2, 0.25) is 5.02 Å². The second kappa shape index (κ2) is 8.88. The van der Waals surface area contributed by atoms with Crippen LogP contribution in [0.1, 0.15) is 33.7 Å². The van der Waals surface area contributed by atoms with Crippen LogP contribution < -0.4 is 0 Å². The number of nitrogens with zero attached hydrogens (tertiary/aromatic N) is 1. The Hall–Kier alpha value is -2.57. The molecule has 3 aromatic rings. The fraction of sp³-hybridized carbons (Fsp3) is 0.150.